The summed E-state index contributed by atoms with van der Waals surface area (Å²) in [5.74, 6) is -1.80. The maximum absolute atomic E-state index is 13.3. The fourth-order valence-corrected chi connectivity index (χ4v) is 3.23. The first-order valence-electron chi connectivity index (χ1n) is 6.69. The van der Waals surface area contributed by atoms with Gasteiger partial charge in [0.25, 0.3) is 0 Å². The van der Waals surface area contributed by atoms with Crippen LogP contribution >= 0.6 is 11.8 Å². The SMILES string of the molecule is CC(C)c1nc(CC(=O)O)n(C)c1Sc1cc(F)cc(F)c1. The van der Waals surface area contributed by atoms with E-state index in [1.54, 1.807) is 11.6 Å². The molecule has 2 rings (SSSR count). The number of carboxylic acid groups (broad SMARTS) is 1. The maximum atomic E-state index is 13.3. The zero-order valence-corrected chi connectivity index (χ0v) is 13.2. The van der Waals surface area contributed by atoms with Gasteiger partial charge >= 0.3 is 5.97 Å². The Labute approximate surface area is 131 Å². The van der Waals surface area contributed by atoms with Crippen molar-refractivity contribution in [3.63, 3.8) is 0 Å². The molecule has 0 atom stereocenters. The van der Waals surface area contributed by atoms with Gasteiger partial charge < -0.3 is 9.67 Å². The monoisotopic (exact) mass is 326 g/mol. The lowest BCUT2D eigenvalue weighted by Crippen LogP contribution is -2.06. The van der Waals surface area contributed by atoms with Crippen molar-refractivity contribution in [2.75, 3.05) is 0 Å². The average molecular weight is 326 g/mol. The molecule has 0 fully saturated rings. The Morgan fingerprint density at radius 2 is 1.91 bits per heavy atom. The second-order valence-corrected chi connectivity index (χ2v) is 6.27. The molecule has 0 amide bonds. The number of imidazole rings is 1. The molecular weight excluding hydrogens is 310 g/mol. The third-order valence-corrected chi connectivity index (χ3v) is 4.21. The van der Waals surface area contributed by atoms with Gasteiger partial charge in [-0.1, -0.05) is 25.6 Å². The number of carbonyl (C=O) groups is 1. The van der Waals surface area contributed by atoms with E-state index >= 15 is 0 Å². The Bertz CT molecular complexity index is 694. The Hall–Kier alpha value is -1.89. The highest BCUT2D eigenvalue weighted by Crippen LogP contribution is 2.34. The van der Waals surface area contributed by atoms with Crippen LogP contribution in [0.3, 0.4) is 0 Å². The van der Waals surface area contributed by atoms with Crippen molar-refractivity contribution in [3.05, 3.63) is 41.4 Å². The summed E-state index contributed by atoms with van der Waals surface area (Å²) < 4.78 is 28.3. The number of carboxylic acids is 1. The quantitative estimate of drug-likeness (QED) is 0.912. The highest BCUT2D eigenvalue weighted by Gasteiger charge is 2.20. The first-order valence-corrected chi connectivity index (χ1v) is 7.50. The van der Waals surface area contributed by atoms with Crippen LogP contribution in [0.25, 0.3) is 0 Å². The molecule has 4 nitrogen and oxygen atoms in total. The van der Waals surface area contributed by atoms with Gasteiger partial charge in [0.15, 0.2) is 0 Å². The molecule has 1 heterocycles. The smallest absolute Gasteiger partial charge is 0.311 e. The number of nitrogens with zero attached hydrogens (tertiary/aromatic N) is 2. The van der Waals surface area contributed by atoms with Gasteiger partial charge in [0.2, 0.25) is 0 Å². The molecule has 0 aliphatic carbocycles. The van der Waals surface area contributed by atoms with Crippen molar-refractivity contribution in [2.24, 2.45) is 7.05 Å². The van der Waals surface area contributed by atoms with E-state index in [2.05, 4.69) is 4.98 Å². The topological polar surface area (TPSA) is 55.1 Å². The summed E-state index contributed by atoms with van der Waals surface area (Å²) in [6, 6.07) is 3.29. The van der Waals surface area contributed by atoms with Crippen LogP contribution < -0.4 is 0 Å². The second kappa shape index (κ2) is 6.48. The van der Waals surface area contributed by atoms with Crippen LogP contribution in [-0.4, -0.2) is 20.6 Å². The predicted octanol–water partition coefficient (Wildman–Crippen LogP) is 3.60. The highest BCUT2D eigenvalue weighted by molar-refractivity contribution is 7.99. The number of benzene rings is 1. The van der Waals surface area contributed by atoms with E-state index in [1.165, 1.54) is 23.9 Å². The molecule has 0 bridgehead atoms. The Morgan fingerprint density at radius 1 is 1.32 bits per heavy atom. The molecule has 0 saturated heterocycles. The van der Waals surface area contributed by atoms with Gasteiger partial charge in [-0.05, 0) is 18.1 Å². The molecular formula is C15H16F2N2O2S. The molecule has 7 heteroatoms. The van der Waals surface area contributed by atoms with Gasteiger partial charge in [0.05, 0.1) is 5.69 Å². The van der Waals surface area contributed by atoms with Crippen molar-refractivity contribution in [2.45, 2.75) is 36.1 Å². The zero-order valence-electron chi connectivity index (χ0n) is 12.4. The number of rotatable bonds is 5. The lowest BCUT2D eigenvalue weighted by molar-refractivity contribution is -0.136. The van der Waals surface area contributed by atoms with Crippen LogP contribution in [0.15, 0.2) is 28.1 Å². The van der Waals surface area contributed by atoms with Gasteiger partial charge in [0.1, 0.15) is 28.9 Å². The third kappa shape index (κ3) is 3.65. The molecule has 0 spiro atoms. The molecule has 0 aliphatic rings. The Balaban J connectivity index is 2.44. The van der Waals surface area contributed by atoms with E-state index in [1.807, 2.05) is 13.8 Å². The summed E-state index contributed by atoms with van der Waals surface area (Å²) in [6.07, 6.45) is -0.200. The minimum absolute atomic E-state index is 0.0645. The van der Waals surface area contributed by atoms with Gasteiger partial charge in [-0.15, -0.1) is 0 Å². The number of aliphatic carboxylic acids is 1. The van der Waals surface area contributed by atoms with Crippen molar-refractivity contribution in [1.82, 2.24) is 9.55 Å². The average Bonchev–Trinajstić information content (AvgIpc) is 2.66. The predicted molar refractivity (Wildman–Crippen MR) is 79.1 cm³/mol. The first-order chi connectivity index (χ1) is 10.3. The van der Waals surface area contributed by atoms with E-state index in [9.17, 15) is 13.6 Å². The molecule has 0 saturated carbocycles. The van der Waals surface area contributed by atoms with Crippen molar-refractivity contribution in [1.29, 1.82) is 0 Å². The van der Waals surface area contributed by atoms with Gasteiger partial charge in [0, 0.05) is 18.0 Å². The number of hydrogen-bond donors (Lipinski definition) is 1. The molecule has 0 aliphatic heterocycles. The highest BCUT2D eigenvalue weighted by atomic mass is 32.2. The van der Waals surface area contributed by atoms with Crippen molar-refractivity contribution >= 4 is 17.7 Å². The van der Waals surface area contributed by atoms with Crippen molar-refractivity contribution < 1.29 is 18.7 Å². The number of halogens is 2. The summed E-state index contributed by atoms with van der Waals surface area (Å²) in [4.78, 5) is 15.7. The minimum atomic E-state index is -0.975. The van der Waals surface area contributed by atoms with Crippen molar-refractivity contribution in [3.8, 4) is 0 Å². The lowest BCUT2D eigenvalue weighted by atomic mass is 10.1. The van der Waals surface area contributed by atoms with Gasteiger partial charge in [-0.25, -0.2) is 13.8 Å². The lowest BCUT2D eigenvalue weighted by Gasteiger charge is -2.09. The van der Waals surface area contributed by atoms with E-state index in [-0.39, 0.29) is 12.3 Å². The molecule has 1 N–H and O–H groups in total. The zero-order chi connectivity index (χ0) is 16.4. The Morgan fingerprint density at radius 3 is 2.41 bits per heavy atom. The molecule has 1 aromatic heterocycles. The van der Waals surface area contributed by atoms with E-state index < -0.39 is 17.6 Å². The normalized spacial score (nSPS) is 11.2. The summed E-state index contributed by atoms with van der Waals surface area (Å²) in [5.41, 5.74) is 0.716. The minimum Gasteiger partial charge on any atom is -0.481 e. The molecule has 1 aromatic carbocycles. The van der Waals surface area contributed by atoms with Crippen LogP contribution in [0, 0.1) is 11.6 Å². The van der Waals surface area contributed by atoms with Crippen LogP contribution in [0.1, 0.15) is 31.3 Å². The summed E-state index contributed by atoms with van der Waals surface area (Å²) in [6.45, 7) is 3.87. The van der Waals surface area contributed by atoms with E-state index in [0.717, 1.165) is 6.07 Å². The van der Waals surface area contributed by atoms with Crippen LogP contribution in [-0.2, 0) is 18.3 Å². The Kier molecular flexibility index (Phi) is 4.85. The molecule has 2 aromatic rings. The molecule has 0 unspecified atom stereocenters. The molecule has 0 radical (unpaired) electrons. The van der Waals surface area contributed by atoms with Crippen LogP contribution in [0.2, 0.25) is 0 Å². The fourth-order valence-electron chi connectivity index (χ4n) is 2.04. The summed E-state index contributed by atoms with van der Waals surface area (Å²) in [5, 5.41) is 9.62. The standard InChI is InChI=1S/C15H16F2N2O2S/c1-8(2)14-15(19(3)12(18-14)7-13(20)21)22-11-5-9(16)4-10(17)6-11/h4-6,8H,7H2,1-3H3,(H,20,21). The number of hydrogen-bond acceptors (Lipinski definition) is 3. The van der Waals surface area contributed by atoms with Gasteiger partial charge in [-0.2, -0.15) is 0 Å². The van der Waals surface area contributed by atoms with E-state index in [4.69, 9.17) is 5.11 Å². The summed E-state index contributed by atoms with van der Waals surface area (Å²) in [7, 11) is 1.70. The molecule has 22 heavy (non-hydrogen) atoms. The first kappa shape index (κ1) is 16.5. The van der Waals surface area contributed by atoms with Crippen LogP contribution in [0.5, 0.6) is 0 Å². The molecule has 118 valence electrons. The van der Waals surface area contributed by atoms with Gasteiger partial charge in [-0.3, -0.25) is 4.79 Å². The third-order valence-electron chi connectivity index (χ3n) is 3.07. The maximum Gasteiger partial charge on any atom is 0.311 e. The largest absolute Gasteiger partial charge is 0.481 e. The number of aromatic nitrogens is 2. The van der Waals surface area contributed by atoms with E-state index in [0.29, 0.717) is 21.4 Å². The fraction of sp³-hybridized carbons (Fsp3) is 0.333. The second-order valence-electron chi connectivity index (χ2n) is 5.21. The van der Waals surface area contributed by atoms with Crippen LogP contribution in [0.4, 0.5) is 8.78 Å². The summed E-state index contributed by atoms with van der Waals surface area (Å²) >= 11 is 1.17.